The molecule has 3 aromatic carbocycles. The van der Waals surface area contributed by atoms with E-state index in [4.69, 9.17) is 23.8 Å². The topological polar surface area (TPSA) is 223 Å². The van der Waals surface area contributed by atoms with Crippen LogP contribution in [0.2, 0.25) is 0 Å². The number of esters is 1. The maximum absolute atomic E-state index is 14.4. The highest BCUT2D eigenvalue weighted by Gasteiger charge is 2.50. The normalized spacial score (nSPS) is 27.5. The van der Waals surface area contributed by atoms with Crippen LogP contribution < -0.4 is 10.1 Å². The third kappa shape index (κ3) is 9.54. The Morgan fingerprint density at radius 1 is 0.934 bits per heavy atom. The zero-order valence-electron chi connectivity index (χ0n) is 35.8. The van der Waals surface area contributed by atoms with Crippen molar-refractivity contribution in [2.75, 3.05) is 19.0 Å². The first-order valence-corrected chi connectivity index (χ1v) is 20.1. The van der Waals surface area contributed by atoms with Crippen LogP contribution >= 0.6 is 0 Å². The standard InChI is InChI=1S/C46H56N2O13/c1-23-14-13-15-24(2)45(56)48-36-31(22-47-59-21-18-30-16-11-10-12-17-30)40(53)33-34(41(36)54)39(52)28(6)43-35(33)44(55)46(8,61-43)58-20-19-32(57-9)25(3)42(60-29(7)49)27(5)38(51)26(4)37(23)50/h10-17,19-20,22-23,25-27,32,37-38,42,50-54H,18,21H2,1-9H3,(H,48,56)/b14-13?,20-19?,24-15?,47-22+. The third-order valence-electron chi connectivity index (χ3n) is 11.6. The van der Waals surface area contributed by atoms with Crippen LogP contribution in [0.1, 0.15) is 75.5 Å². The smallest absolute Gasteiger partial charge is 0.312 e. The number of methoxy groups -OCH3 is 1. The SMILES string of the molecule is COC1C=COC2(C)Oc3c(C)c(O)c4c(O)c(c(/C=N/OCCc5ccccc5)c(O)c4c3C2=O)NC(=O)C(C)=CC=CC(C)C(O)C(C)C(O)C(C)C(OC(C)=O)C1C. The average molecular weight is 845 g/mol. The van der Waals surface area contributed by atoms with Gasteiger partial charge in [0, 0.05) is 67.6 Å². The molecule has 3 heterocycles. The first kappa shape index (κ1) is 46.2. The number of Topliss-reactive ketones (excluding diaryl/α,β-unsaturated/α-hetero) is 1. The summed E-state index contributed by atoms with van der Waals surface area (Å²) >= 11 is 0. The van der Waals surface area contributed by atoms with Crippen molar-refractivity contribution in [2.45, 2.75) is 92.0 Å². The number of nitrogens with one attached hydrogen (secondary N) is 1. The van der Waals surface area contributed by atoms with Gasteiger partial charge in [-0.1, -0.05) is 81.4 Å². The number of aliphatic hydroxyl groups is 2. The van der Waals surface area contributed by atoms with E-state index in [9.17, 15) is 39.9 Å². The molecule has 3 aromatic rings. The van der Waals surface area contributed by atoms with Crippen LogP contribution in [0.4, 0.5) is 5.69 Å². The van der Waals surface area contributed by atoms with E-state index in [0.717, 1.165) is 11.8 Å². The van der Waals surface area contributed by atoms with Crippen molar-refractivity contribution in [3.63, 3.8) is 0 Å². The molecule has 5 bridgehead atoms. The number of rotatable bonds is 7. The summed E-state index contributed by atoms with van der Waals surface area (Å²) in [5.41, 5.74) is 0.345. The summed E-state index contributed by atoms with van der Waals surface area (Å²) in [6, 6.07) is 9.50. The number of phenols is 3. The molecule has 9 atom stereocenters. The third-order valence-corrected chi connectivity index (χ3v) is 11.6. The van der Waals surface area contributed by atoms with Gasteiger partial charge in [0.05, 0.1) is 53.0 Å². The van der Waals surface area contributed by atoms with Crippen LogP contribution in [0.3, 0.4) is 0 Å². The number of phenolic OH excluding ortho intramolecular Hbond substituents is 3. The molecule has 0 saturated carbocycles. The number of carbonyl (C=O) groups is 3. The van der Waals surface area contributed by atoms with E-state index in [1.807, 2.05) is 30.3 Å². The largest absolute Gasteiger partial charge is 0.507 e. The predicted molar refractivity (Wildman–Crippen MR) is 228 cm³/mol. The second kappa shape index (κ2) is 19.2. The number of ketones is 1. The molecule has 1 amide bonds. The number of nitrogens with zero attached hydrogens (tertiary/aromatic N) is 1. The lowest BCUT2D eigenvalue weighted by molar-refractivity contribution is -0.160. The summed E-state index contributed by atoms with van der Waals surface area (Å²) in [7, 11) is 1.43. The molecular weight excluding hydrogens is 789 g/mol. The minimum Gasteiger partial charge on any atom is -0.507 e. The zero-order chi connectivity index (χ0) is 44.9. The van der Waals surface area contributed by atoms with E-state index in [2.05, 4.69) is 10.5 Å². The van der Waals surface area contributed by atoms with Gasteiger partial charge in [0.2, 0.25) is 0 Å². The molecule has 15 nitrogen and oxygen atoms in total. The Hall–Kier alpha value is -5.90. The molecule has 15 heteroatoms. The summed E-state index contributed by atoms with van der Waals surface area (Å²) in [4.78, 5) is 46.0. The van der Waals surface area contributed by atoms with E-state index in [1.54, 1.807) is 39.8 Å². The van der Waals surface area contributed by atoms with Crippen LogP contribution in [0.15, 0.2) is 71.6 Å². The fourth-order valence-electron chi connectivity index (χ4n) is 7.82. The van der Waals surface area contributed by atoms with Gasteiger partial charge >= 0.3 is 11.8 Å². The molecule has 0 fully saturated rings. The Morgan fingerprint density at radius 2 is 1.62 bits per heavy atom. The van der Waals surface area contributed by atoms with Crippen molar-refractivity contribution in [3.05, 3.63) is 88.7 Å². The lowest BCUT2D eigenvalue weighted by Gasteiger charge is -2.38. The Kier molecular flexibility index (Phi) is 14.5. The van der Waals surface area contributed by atoms with Crippen LogP contribution in [-0.4, -0.2) is 93.3 Å². The quantitative estimate of drug-likeness (QED) is 0.0382. The highest BCUT2D eigenvalue weighted by molar-refractivity contribution is 6.23. The van der Waals surface area contributed by atoms with Crippen molar-refractivity contribution in [2.24, 2.45) is 28.8 Å². The Bertz CT molecular complexity index is 2250. The first-order chi connectivity index (χ1) is 28.8. The van der Waals surface area contributed by atoms with Gasteiger partial charge in [-0.15, -0.1) is 0 Å². The van der Waals surface area contributed by atoms with Gasteiger partial charge < -0.3 is 54.6 Å². The Morgan fingerprint density at radius 3 is 2.28 bits per heavy atom. The van der Waals surface area contributed by atoms with Crippen molar-refractivity contribution in [3.8, 4) is 23.0 Å². The van der Waals surface area contributed by atoms with Gasteiger partial charge in [-0.3, -0.25) is 14.4 Å². The minimum absolute atomic E-state index is 0.0298. The number of hydrogen-bond donors (Lipinski definition) is 6. The van der Waals surface area contributed by atoms with Crippen LogP contribution in [0.25, 0.3) is 10.8 Å². The number of aromatic hydroxyl groups is 3. The Balaban J connectivity index is 1.67. The molecule has 3 aliphatic heterocycles. The monoisotopic (exact) mass is 844 g/mol. The maximum Gasteiger partial charge on any atom is 0.312 e. The molecule has 6 rings (SSSR count). The number of fused-ring (bicyclic) bond motifs is 14. The number of ether oxygens (including phenoxy) is 4. The van der Waals surface area contributed by atoms with Gasteiger partial charge in [0.25, 0.3) is 11.7 Å². The van der Waals surface area contributed by atoms with Crippen LogP contribution in [-0.2, 0) is 35.1 Å². The number of aliphatic hydroxyl groups excluding tert-OH is 2. The molecule has 0 saturated heterocycles. The summed E-state index contributed by atoms with van der Waals surface area (Å²) in [6.45, 7) is 12.6. The van der Waals surface area contributed by atoms with E-state index in [0.29, 0.717) is 6.42 Å². The molecule has 9 unspecified atom stereocenters. The van der Waals surface area contributed by atoms with Crippen molar-refractivity contribution in [1.82, 2.24) is 0 Å². The lowest BCUT2D eigenvalue weighted by Crippen LogP contribution is -2.46. The molecule has 0 radical (unpaired) electrons. The molecule has 61 heavy (non-hydrogen) atoms. The van der Waals surface area contributed by atoms with Gasteiger partial charge in [0.1, 0.15) is 30.0 Å². The average Bonchev–Trinajstić information content (AvgIpc) is 3.50. The fourth-order valence-corrected chi connectivity index (χ4v) is 7.82. The number of oxime groups is 1. The second-order valence-corrected chi connectivity index (χ2v) is 15.9. The fraction of sp³-hybridized carbons (Fsp3) is 0.435. The molecule has 6 N–H and O–H groups in total. The summed E-state index contributed by atoms with van der Waals surface area (Å²) in [6.07, 6.45) is 5.01. The summed E-state index contributed by atoms with van der Waals surface area (Å²) in [5.74, 6) is -8.70. The molecule has 0 aromatic heterocycles. The van der Waals surface area contributed by atoms with Gasteiger partial charge in [0.15, 0.2) is 5.75 Å². The maximum atomic E-state index is 14.4. The summed E-state index contributed by atoms with van der Waals surface area (Å²) < 4.78 is 23.5. The van der Waals surface area contributed by atoms with E-state index in [-0.39, 0.29) is 51.1 Å². The molecule has 3 aliphatic rings. The van der Waals surface area contributed by atoms with E-state index < -0.39 is 88.8 Å². The van der Waals surface area contributed by atoms with E-state index >= 15 is 0 Å². The van der Waals surface area contributed by atoms with Crippen LogP contribution in [0.5, 0.6) is 23.0 Å². The number of anilines is 1. The van der Waals surface area contributed by atoms with E-state index in [1.165, 1.54) is 53.2 Å². The molecule has 0 spiro atoms. The van der Waals surface area contributed by atoms with Gasteiger partial charge in [-0.05, 0) is 25.5 Å². The number of carbonyl (C=O) groups excluding carboxylic acids is 3. The second-order valence-electron chi connectivity index (χ2n) is 15.9. The highest BCUT2D eigenvalue weighted by atomic mass is 16.7. The highest BCUT2D eigenvalue weighted by Crippen LogP contribution is 2.55. The number of hydrogen-bond acceptors (Lipinski definition) is 14. The van der Waals surface area contributed by atoms with Gasteiger partial charge in [-0.2, -0.15) is 0 Å². The lowest BCUT2D eigenvalue weighted by atomic mass is 9.78. The first-order valence-electron chi connectivity index (χ1n) is 20.1. The Labute approximate surface area is 354 Å². The summed E-state index contributed by atoms with van der Waals surface area (Å²) in [5, 5.41) is 64.3. The minimum atomic E-state index is -2.07. The zero-order valence-corrected chi connectivity index (χ0v) is 35.8. The van der Waals surface area contributed by atoms with Crippen molar-refractivity contribution in [1.29, 1.82) is 0 Å². The molecular formula is C46H56N2O13. The number of amides is 1. The molecule has 0 aliphatic carbocycles. The van der Waals surface area contributed by atoms with Gasteiger partial charge in [-0.25, -0.2) is 0 Å². The van der Waals surface area contributed by atoms with Crippen molar-refractivity contribution < 1.29 is 63.7 Å². The molecule has 328 valence electrons. The van der Waals surface area contributed by atoms with Crippen LogP contribution in [0, 0.1) is 30.6 Å². The number of allylic oxidation sites excluding steroid dienone is 2. The predicted octanol–water partition coefficient (Wildman–Crippen LogP) is 6.35. The number of benzene rings is 3. The van der Waals surface area contributed by atoms with Crippen molar-refractivity contribution >= 4 is 40.3 Å².